The summed E-state index contributed by atoms with van der Waals surface area (Å²) in [4.78, 5) is 11.3. The van der Waals surface area contributed by atoms with E-state index in [2.05, 4.69) is 10.6 Å². The molecule has 0 aliphatic rings. The monoisotopic (exact) mass is 232 g/mol. The van der Waals surface area contributed by atoms with Gasteiger partial charge in [0.25, 0.3) is 0 Å². The van der Waals surface area contributed by atoms with E-state index in [-0.39, 0.29) is 12.5 Å². The van der Waals surface area contributed by atoms with Crippen molar-refractivity contribution >= 4 is 23.4 Å². The number of nitrogens with one attached hydrogen (secondary N) is 3. The normalized spacial score (nSPS) is 11.0. The zero-order valence-electron chi connectivity index (χ0n) is 9.66. The van der Waals surface area contributed by atoms with Crippen molar-refractivity contribution in [3.05, 3.63) is 36.0 Å². The SMILES string of the molecule is CNCC(=O)Nc1ccc(/C(C=N)=C/N)cc1. The quantitative estimate of drug-likeness (QED) is 0.566. The van der Waals surface area contributed by atoms with E-state index in [0.717, 1.165) is 11.3 Å². The first-order chi connectivity index (χ1) is 8.21. The molecule has 0 radical (unpaired) electrons. The highest BCUT2D eigenvalue weighted by Gasteiger charge is 2.01. The van der Waals surface area contributed by atoms with Gasteiger partial charge in [-0.2, -0.15) is 0 Å². The highest BCUT2D eigenvalue weighted by molar-refractivity contribution is 6.08. The minimum absolute atomic E-state index is 0.0955. The summed E-state index contributed by atoms with van der Waals surface area (Å²) in [5.74, 6) is -0.0955. The van der Waals surface area contributed by atoms with Gasteiger partial charge in [0.2, 0.25) is 5.91 Å². The molecule has 1 rings (SSSR count). The molecule has 1 aromatic rings. The summed E-state index contributed by atoms with van der Waals surface area (Å²) in [6.07, 6.45) is 2.57. The number of allylic oxidation sites excluding steroid dienone is 1. The van der Waals surface area contributed by atoms with Gasteiger partial charge >= 0.3 is 0 Å². The summed E-state index contributed by atoms with van der Waals surface area (Å²) in [6.45, 7) is 0.274. The highest BCUT2D eigenvalue weighted by atomic mass is 16.1. The summed E-state index contributed by atoms with van der Waals surface area (Å²) >= 11 is 0. The molecule has 1 aromatic carbocycles. The van der Waals surface area contributed by atoms with Crippen LogP contribution < -0.4 is 16.4 Å². The summed E-state index contributed by atoms with van der Waals surface area (Å²) in [5.41, 5.74) is 7.58. The van der Waals surface area contributed by atoms with Crippen LogP contribution in [0.5, 0.6) is 0 Å². The van der Waals surface area contributed by atoms with Gasteiger partial charge in [-0.25, -0.2) is 0 Å². The maximum absolute atomic E-state index is 11.3. The molecule has 5 nitrogen and oxygen atoms in total. The zero-order chi connectivity index (χ0) is 12.7. The third-order valence-electron chi connectivity index (χ3n) is 2.17. The van der Waals surface area contributed by atoms with Gasteiger partial charge in [0.05, 0.1) is 6.54 Å². The molecule has 0 saturated carbocycles. The van der Waals surface area contributed by atoms with Crippen LogP contribution in [0.25, 0.3) is 5.57 Å². The summed E-state index contributed by atoms with van der Waals surface area (Å²) < 4.78 is 0. The Morgan fingerprint density at radius 2 is 2.06 bits per heavy atom. The molecule has 0 heterocycles. The minimum Gasteiger partial charge on any atom is -0.404 e. The topological polar surface area (TPSA) is 91.0 Å². The molecule has 0 saturated heterocycles. The maximum atomic E-state index is 11.3. The average Bonchev–Trinajstić information content (AvgIpc) is 2.33. The molecular formula is C12H16N4O. The first kappa shape index (κ1) is 12.9. The Hall–Kier alpha value is -2.14. The van der Waals surface area contributed by atoms with Crippen LogP contribution in [0, 0.1) is 5.41 Å². The Morgan fingerprint density at radius 1 is 1.41 bits per heavy atom. The molecule has 0 unspecified atom stereocenters. The molecule has 0 atom stereocenters. The Labute approximate surface area is 100 Å². The molecule has 0 aromatic heterocycles. The first-order valence-electron chi connectivity index (χ1n) is 5.18. The van der Waals surface area contributed by atoms with Crippen LogP contribution >= 0.6 is 0 Å². The molecular weight excluding hydrogens is 216 g/mol. The third-order valence-corrected chi connectivity index (χ3v) is 2.17. The van der Waals surface area contributed by atoms with Crippen LogP contribution in [-0.4, -0.2) is 25.7 Å². The van der Waals surface area contributed by atoms with E-state index < -0.39 is 0 Å². The predicted molar refractivity (Wildman–Crippen MR) is 69.9 cm³/mol. The van der Waals surface area contributed by atoms with E-state index in [1.165, 1.54) is 12.4 Å². The molecule has 0 aliphatic carbocycles. The third kappa shape index (κ3) is 3.73. The number of carbonyl (C=O) groups excluding carboxylic acids is 1. The van der Waals surface area contributed by atoms with Gasteiger partial charge in [-0.15, -0.1) is 0 Å². The predicted octanol–water partition coefficient (Wildman–Crippen LogP) is 0.794. The van der Waals surface area contributed by atoms with Crippen molar-refractivity contribution in [3.63, 3.8) is 0 Å². The molecule has 0 bridgehead atoms. The van der Waals surface area contributed by atoms with Gasteiger partial charge in [0, 0.05) is 23.7 Å². The van der Waals surface area contributed by atoms with Crippen LogP contribution in [0.4, 0.5) is 5.69 Å². The van der Waals surface area contributed by atoms with E-state index in [9.17, 15) is 4.79 Å². The Balaban J connectivity index is 2.74. The Kier molecular flexibility index (Phi) is 4.90. The fraction of sp³-hybridized carbons (Fsp3) is 0.167. The fourth-order valence-corrected chi connectivity index (χ4v) is 1.34. The largest absolute Gasteiger partial charge is 0.404 e. The molecule has 5 heteroatoms. The number of hydrogen-bond acceptors (Lipinski definition) is 4. The fourth-order valence-electron chi connectivity index (χ4n) is 1.34. The lowest BCUT2D eigenvalue weighted by atomic mass is 10.1. The van der Waals surface area contributed by atoms with E-state index >= 15 is 0 Å². The molecule has 0 fully saturated rings. The van der Waals surface area contributed by atoms with Gasteiger partial charge in [-0.05, 0) is 24.7 Å². The van der Waals surface area contributed by atoms with Crippen LogP contribution in [0.2, 0.25) is 0 Å². The summed E-state index contributed by atoms with van der Waals surface area (Å²) in [7, 11) is 1.71. The minimum atomic E-state index is -0.0955. The van der Waals surface area contributed by atoms with E-state index in [1.54, 1.807) is 31.3 Å². The van der Waals surface area contributed by atoms with Crippen LogP contribution in [0.1, 0.15) is 5.56 Å². The lowest BCUT2D eigenvalue weighted by Crippen LogP contribution is -2.24. The first-order valence-corrected chi connectivity index (χ1v) is 5.18. The lowest BCUT2D eigenvalue weighted by molar-refractivity contribution is -0.115. The van der Waals surface area contributed by atoms with Crippen molar-refractivity contribution in [2.75, 3.05) is 18.9 Å². The lowest BCUT2D eigenvalue weighted by Gasteiger charge is -2.06. The molecule has 0 spiro atoms. The van der Waals surface area contributed by atoms with Gasteiger partial charge in [-0.1, -0.05) is 12.1 Å². The molecule has 90 valence electrons. The van der Waals surface area contributed by atoms with Crippen molar-refractivity contribution in [2.45, 2.75) is 0 Å². The second-order valence-electron chi connectivity index (χ2n) is 3.42. The summed E-state index contributed by atoms with van der Waals surface area (Å²) in [5, 5.41) is 12.7. The summed E-state index contributed by atoms with van der Waals surface area (Å²) in [6, 6.07) is 7.16. The van der Waals surface area contributed by atoms with Crippen molar-refractivity contribution in [3.8, 4) is 0 Å². The van der Waals surface area contributed by atoms with Gasteiger partial charge in [0.1, 0.15) is 0 Å². The number of amides is 1. The molecule has 0 aliphatic heterocycles. The average molecular weight is 232 g/mol. The number of rotatable bonds is 5. The molecule has 5 N–H and O–H groups in total. The Bertz CT molecular complexity index is 423. The maximum Gasteiger partial charge on any atom is 0.238 e. The van der Waals surface area contributed by atoms with Crippen molar-refractivity contribution in [1.29, 1.82) is 5.41 Å². The van der Waals surface area contributed by atoms with Crippen LogP contribution in [0.15, 0.2) is 30.5 Å². The standard InChI is InChI=1S/C12H16N4O/c1-15-8-12(17)16-11-4-2-9(3-5-11)10(6-13)7-14/h2-7,13,15H,8,14H2,1H3,(H,16,17)/b10-7+,13-6?. The second-order valence-corrected chi connectivity index (χ2v) is 3.42. The zero-order valence-corrected chi connectivity index (χ0v) is 9.66. The smallest absolute Gasteiger partial charge is 0.238 e. The Morgan fingerprint density at radius 3 is 2.53 bits per heavy atom. The van der Waals surface area contributed by atoms with E-state index in [1.807, 2.05) is 0 Å². The number of benzene rings is 1. The number of anilines is 1. The van der Waals surface area contributed by atoms with Crippen LogP contribution in [0.3, 0.4) is 0 Å². The van der Waals surface area contributed by atoms with E-state index in [4.69, 9.17) is 11.1 Å². The number of carbonyl (C=O) groups is 1. The van der Waals surface area contributed by atoms with Gasteiger partial charge < -0.3 is 21.8 Å². The highest BCUT2D eigenvalue weighted by Crippen LogP contribution is 2.15. The van der Waals surface area contributed by atoms with Gasteiger partial charge in [-0.3, -0.25) is 4.79 Å². The molecule has 17 heavy (non-hydrogen) atoms. The van der Waals surface area contributed by atoms with E-state index in [0.29, 0.717) is 5.57 Å². The van der Waals surface area contributed by atoms with Crippen molar-refractivity contribution < 1.29 is 4.79 Å². The van der Waals surface area contributed by atoms with Crippen LogP contribution in [-0.2, 0) is 4.79 Å². The second kappa shape index (κ2) is 6.44. The molecule has 1 amide bonds. The van der Waals surface area contributed by atoms with Crippen molar-refractivity contribution in [2.24, 2.45) is 5.73 Å². The number of hydrogen-bond donors (Lipinski definition) is 4. The number of likely N-dealkylation sites (N-methyl/N-ethyl adjacent to an activating group) is 1. The van der Waals surface area contributed by atoms with Crippen molar-refractivity contribution in [1.82, 2.24) is 5.32 Å². The van der Waals surface area contributed by atoms with Gasteiger partial charge in [0.15, 0.2) is 0 Å². The number of nitrogens with two attached hydrogens (primary N) is 1.